The lowest BCUT2D eigenvalue weighted by atomic mass is 10.1. The molecule has 112 valence electrons. The number of benzene rings is 1. The van der Waals surface area contributed by atoms with Gasteiger partial charge in [0.05, 0.1) is 14.2 Å². The zero-order chi connectivity index (χ0) is 15.2. The van der Waals surface area contributed by atoms with E-state index in [9.17, 15) is 0 Å². The number of fused-ring (bicyclic) bond motifs is 1. The number of hydrogen-bond donors (Lipinski definition) is 2. The van der Waals surface area contributed by atoms with Crippen molar-refractivity contribution in [1.29, 1.82) is 0 Å². The van der Waals surface area contributed by atoms with E-state index in [1.807, 2.05) is 18.2 Å². The molecule has 1 aromatic heterocycles. The number of pyridine rings is 1. The summed E-state index contributed by atoms with van der Waals surface area (Å²) in [6, 6.07) is 5.86. The van der Waals surface area contributed by atoms with E-state index in [0.717, 1.165) is 29.3 Å². The van der Waals surface area contributed by atoms with E-state index < -0.39 is 0 Å². The van der Waals surface area contributed by atoms with Crippen molar-refractivity contribution in [3.05, 3.63) is 30.1 Å². The Bertz CT molecular complexity index is 651. The van der Waals surface area contributed by atoms with E-state index in [1.165, 1.54) is 0 Å². The zero-order valence-corrected chi connectivity index (χ0v) is 12.3. The van der Waals surface area contributed by atoms with E-state index in [1.54, 1.807) is 20.4 Å². The third kappa shape index (κ3) is 3.53. The van der Waals surface area contributed by atoms with Crippen molar-refractivity contribution in [1.82, 2.24) is 4.98 Å². The van der Waals surface area contributed by atoms with Crippen LogP contribution in [0, 0.1) is 0 Å². The molecule has 2 aromatic rings. The van der Waals surface area contributed by atoms with Crippen molar-refractivity contribution in [2.24, 2.45) is 16.5 Å². The summed E-state index contributed by atoms with van der Waals surface area (Å²) < 4.78 is 10.7. The van der Waals surface area contributed by atoms with Crippen LogP contribution in [0.25, 0.3) is 10.8 Å². The van der Waals surface area contributed by atoms with Crippen LogP contribution in [-0.2, 0) is 6.42 Å². The quantitative estimate of drug-likeness (QED) is 0.476. The first-order valence-corrected chi connectivity index (χ1v) is 6.70. The van der Waals surface area contributed by atoms with Crippen molar-refractivity contribution in [2.45, 2.75) is 12.8 Å². The van der Waals surface area contributed by atoms with Crippen LogP contribution < -0.4 is 20.9 Å². The minimum Gasteiger partial charge on any atom is -0.493 e. The van der Waals surface area contributed by atoms with Crippen molar-refractivity contribution in [3.63, 3.8) is 0 Å². The molecule has 0 radical (unpaired) electrons. The van der Waals surface area contributed by atoms with Gasteiger partial charge in [0, 0.05) is 23.8 Å². The van der Waals surface area contributed by atoms with Crippen molar-refractivity contribution < 1.29 is 9.47 Å². The lowest BCUT2D eigenvalue weighted by Crippen LogP contribution is -2.23. The molecule has 1 heterocycles. The number of methoxy groups -OCH3 is 2. The van der Waals surface area contributed by atoms with Crippen LogP contribution >= 0.6 is 0 Å². The van der Waals surface area contributed by atoms with E-state index in [-0.39, 0.29) is 5.96 Å². The summed E-state index contributed by atoms with van der Waals surface area (Å²) in [5, 5.41) is 2.12. The molecule has 0 saturated heterocycles. The monoisotopic (exact) mass is 288 g/mol. The lowest BCUT2D eigenvalue weighted by molar-refractivity contribution is 0.356. The largest absolute Gasteiger partial charge is 0.493 e. The number of guanidine groups is 1. The number of aliphatic imine (C=N–C) groups is 1. The van der Waals surface area contributed by atoms with Gasteiger partial charge >= 0.3 is 0 Å². The molecule has 4 N–H and O–H groups in total. The van der Waals surface area contributed by atoms with Gasteiger partial charge in [0.2, 0.25) is 0 Å². The standard InChI is InChI=1S/C15H20N4O2/c1-20-13-8-10-5-7-18-12(4-3-6-19-15(16)17)11(10)9-14(13)21-2/h5,7-9H,3-4,6H2,1-2H3,(H4,16,17,19). The summed E-state index contributed by atoms with van der Waals surface area (Å²) >= 11 is 0. The zero-order valence-electron chi connectivity index (χ0n) is 12.3. The predicted molar refractivity (Wildman–Crippen MR) is 83.8 cm³/mol. The first-order chi connectivity index (χ1) is 10.2. The lowest BCUT2D eigenvalue weighted by Gasteiger charge is -2.11. The van der Waals surface area contributed by atoms with E-state index in [4.69, 9.17) is 20.9 Å². The fraction of sp³-hybridized carbons (Fsp3) is 0.333. The van der Waals surface area contributed by atoms with Gasteiger partial charge in [0.25, 0.3) is 0 Å². The van der Waals surface area contributed by atoms with Crippen LogP contribution in [0.1, 0.15) is 12.1 Å². The van der Waals surface area contributed by atoms with Gasteiger partial charge in [-0.1, -0.05) is 0 Å². The topological polar surface area (TPSA) is 95.8 Å². The molecular weight excluding hydrogens is 268 g/mol. The molecule has 0 bridgehead atoms. The molecule has 0 fully saturated rings. The third-order valence-corrected chi connectivity index (χ3v) is 3.22. The van der Waals surface area contributed by atoms with Crippen LogP contribution in [0.5, 0.6) is 11.5 Å². The number of nitrogens with zero attached hydrogens (tertiary/aromatic N) is 2. The van der Waals surface area contributed by atoms with Crippen LogP contribution in [-0.4, -0.2) is 31.7 Å². The Morgan fingerprint density at radius 2 is 1.90 bits per heavy atom. The maximum atomic E-state index is 5.35. The second-order valence-electron chi connectivity index (χ2n) is 4.60. The van der Waals surface area contributed by atoms with E-state index >= 15 is 0 Å². The summed E-state index contributed by atoms with van der Waals surface area (Å²) in [7, 11) is 3.25. The molecule has 0 aliphatic rings. The molecule has 1 aromatic carbocycles. The van der Waals surface area contributed by atoms with Gasteiger partial charge < -0.3 is 20.9 Å². The van der Waals surface area contributed by atoms with E-state index in [0.29, 0.717) is 18.0 Å². The summed E-state index contributed by atoms with van der Waals surface area (Å²) in [5.74, 6) is 1.53. The molecule has 0 atom stereocenters. The highest BCUT2D eigenvalue weighted by molar-refractivity contribution is 5.87. The highest BCUT2D eigenvalue weighted by Crippen LogP contribution is 2.33. The molecule has 0 unspecified atom stereocenters. The highest BCUT2D eigenvalue weighted by atomic mass is 16.5. The number of rotatable bonds is 6. The number of aryl methyl sites for hydroxylation is 1. The Morgan fingerprint density at radius 1 is 1.19 bits per heavy atom. The highest BCUT2D eigenvalue weighted by Gasteiger charge is 2.09. The Balaban J connectivity index is 2.29. The maximum Gasteiger partial charge on any atom is 0.185 e. The SMILES string of the molecule is COc1cc2ccnc(CCCN=C(N)N)c2cc1OC. The molecule has 0 amide bonds. The van der Waals surface area contributed by atoms with Gasteiger partial charge in [0.1, 0.15) is 0 Å². The molecule has 0 aliphatic heterocycles. The molecule has 0 aliphatic carbocycles. The van der Waals surface area contributed by atoms with Crippen molar-refractivity contribution in [2.75, 3.05) is 20.8 Å². The number of hydrogen-bond acceptors (Lipinski definition) is 4. The maximum absolute atomic E-state index is 5.35. The van der Waals surface area contributed by atoms with Crippen LogP contribution in [0.2, 0.25) is 0 Å². The smallest absolute Gasteiger partial charge is 0.185 e. The van der Waals surface area contributed by atoms with E-state index in [2.05, 4.69) is 9.98 Å². The molecule has 0 saturated carbocycles. The molecule has 2 rings (SSSR count). The second-order valence-corrected chi connectivity index (χ2v) is 4.60. The van der Waals surface area contributed by atoms with Crippen LogP contribution in [0.4, 0.5) is 0 Å². The van der Waals surface area contributed by atoms with Crippen LogP contribution in [0.15, 0.2) is 29.4 Å². The Labute approximate surface area is 123 Å². The number of aromatic nitrogens is 1. The van der Waals surface area contributed by atoms with Gasteiger partial charge in [-0.15, -0.1) is 0 Å². The Hall–Kier alpha value is -2.50. The fourth-order valence-corrected chi connectivity index (χ4v) is 2.21. The third-order valence-electron chi connectivity index (χ3n) is 3.22. The average molecular weight is 288 g/mol. The van der Waals surface area contributed by atoms with Crippen molar-refractivity contribution in [3.8, 4) is 11.5 Å². The summed E-state index contributed by atoms with van der Waals surface area (Å²) in [4.78, 5) is 8.43. The van der Waals surface area contributed by atoms with Crippen LogP contribution in [0.3, 0.4) is 0 Å². The summed E-state index contributed by atoms with van der Waals surface area (Å²) in [6.07, 6.45) is 3.42. The van der Waals surface area contributed by atoms with Crippen molar-refractivity contribution >= 4 is 16.7 Å². The first kappa shape index (κ1) is 14.9. The molecule has 6 nitrogen and oxygen atoms in total. The van der Waals surface area contributed by atoms with Gasteiger partial charge in [-0.05, 0) is 36.4 Å². The van der Waals surface area contributed by atoms with Gasteiger partial charge in [0.15, 0.2) is 17.5 Å². The number of nitrogens with two attached hydrogens (primary N) is 2. The molecule has 0 spiro atoms. The predicted octanol–water partition coefficient (Wildman–Crippen LogP) is 1.46. The first-order valence-electron chi connectivity index (χ1n) is 6.70. The van der Waals surface area contributed by atoms with Gasteiger partial charge in [-0.25, -0.2) is 0 Å². The average Bonchev–Trinajstić information content (AvgIpc) is 2.49. The normalized spacial score (nSPS) is 10.4. The molecule has 21 heavy (non-hydrogen) atoms. The molecule has 6 heteroatoms. The van der Waals surface area contributed by atoms with Gasteiger partial charge in [-0.3, -0.25) is 9.98 Å². The minimum atomic E-state index is 0.118. The van der Waals surface area contributed by atoms with Gasteiger partial charge in [-0.2, -0.15) is 0 Å². The summed E-state index contributed by atoms with van der Waals surface area (Å²) in [5.41, 5.74) is 11.6. The fourth-order valence-electron chi connectivity index (χ4n) is 2.21. The summed E-state index contributed by atoms with van der Waals surface area (Å²) in [6.45, 7) is 0.591. The Kier molecular flexibility index (Phi) is 4.81. The minimum absolute atomic E-state index is 0.118. The number of ether oxygens (including phenoxy) is 2. The Morgan fingerprint density at radius 3 is 2.57 bits per heavy atom. The molecular formula is C15H20N4O2. The second kappa shape index (κ2) is 6.78.